The van der Waals surface area contributed by atoms with Crippen LogP contribution in [0.3, 0.4) is 0 Å². The highest BCUT2D eigenvalue weighted by atomic mass is 19.1. The number of anilines is 1. The third-order valence-corrected chi connectivity index (χ3v) is 2.88. The summed E-state index contributed by atoms with van der Waals surface area (Å²) in [6.45, 7) is 0.555. The van der Waals surface area contributed by atoms with E-state index in [1.807, 2.05) is 30.3 Å². The van der Waals surface area contributed by atoms with Crippen molar-refractivity contribution in [3.05, 3.63) is 72.3 Å². The fourth-order valence-corrected chi connectivity index (χ4v) is 1.83. The molecule has 0 spiro atoms. The monoisotopic (exact) mass is 268 g/mol. The van der Waals surface area contributed by atoms with E-state index in [0.29, 0.717) is 12.5 Å². The van der Waals surface area contributed by atoms with Crippen LogP contribution in [0.5, 0.6) is 0 Å². The Morgan fingerprint density at radius 1 is 1.00 bits per heavy atom. The van der Waals surface area contributed by atoms with Crippen LogP contribution in [0.2, 0.25) is 0 Å². The van der Waals surface area contributed by atoms with E-state index in [4.69, 9.17) is 0 Å². The molecule has 0 atom stereocenters. The lowest BCUT2D eigenvalue weighted by atomic mass is 10.2. The van der Waals surface area contributed by atoms with Crippen molar-refractivity contribution in [1.29, 1.82) is 0 Å². The predicted molar refractivity (Wildman–Crippen MR) is 75.1 cm³/mol. The molecule has 1 heterocycles. The second-order valence-electron chi connectivity index (χ2n) is 4.33. The number of halogens is 1. The van der Waals surface area contributed by atoms with Crippen molar-refractivity contribution < 1.29 is 4.39 Å². The van der Waals surface area contributed by atoms with E-state index in [-0.39, 0.29) is 5.82 Å². The Kier molecular flexibility index (Phi) is 3.41. The van der Waals surface area contributed by atoms with Gasteiger partial charge in [0.1, 0.15) is 12.1 Å². The Labute approximate surface area is 115 Å². The highest BCUT2D eigenvalue weighted by molar-refractivity contribution is 5.33. The van der Waals surface area contributed by atoms with Crippen LogP contribution in [-0.4, -0.2) is 14.8 Å². The van der Waals surface area contributed by atoms with E-state index < -0.39 is 0 Å². The molecule has 1 aromatic heterocycles. The molecule has 0 bridgehead atoms. The lowest BCUT2D eigenvalue weighted by Gasteiger charge is -2.02. The van der Waals surface area contributed by atoms with E-state index >= 15 is 0 Å². The Morgan fingerprint density at radius 2 is 1.75 bits per heavy atom. The fourth-order valence-electron chi connectivity index (χ4n) is 1.83. The smallest absolute Gasteiger partial charge is 0.242 e. The number of nitrogens with one attached hydrogen (secondary N) is 1. The molecule has 1 N–H and O–H groups in total. The molecule has 4 nitrogen and oxygen atoms in total. The molecule has 5 heteroatoms. The van der Waals surface area contributed by atoms with Gasteiger partial charge in [0.15, 0.2) is 0 Å². The van der Waals surface area contributed by atoms with Crippen molar-refractivity contribution in [2.24, 2.45) is 0 Å². The lowest BCUT2D eigenvalue weighted by Crippen LogP contribution is -2.02. The Bertz CT molecular complexity index is 677. The molecule has 0 amide bonds. The van der Waals surface area contributed by atoms with Crippen LogP contribution >= 0.6 is 0 Å². The summed E-state index contributed by atoms with van der Waals surface area (Å²) in [5.41, 5.74) is 1.93. The van der Waals surface area contributed by atoms with Gasteiger partial charge in [-0.25, -0.2) is 14.1 Å². The predicted octanol–water partition coefficient (Wildman–Crippen LogP) is 3.02. The third-order valence-electron chi connectivity index (χ3n) is 2.88. The zero-order valence-corrected chi connectivity index (χ0v) is 10.7. The maximum atomic E-state index is 12.8. The third kappa shape index (κ3) is 2.83. The maximum absolute atomic E-state index is 12.8. The quantitative estimate of drug-likeness (QED) is 0.791. The molecule has 2 aromatic carbocycles. The second kappa shape index (κ2) is 5.52. The molecular formula is C15H13FN4. The van der Waals surface area contributed by atoms with Crippen LogP contribution in [0.25, 0.3) is 5.69 Å². The molecular weight excluding hydrogens is 255 g/mol. The standard InChI is InChI=1S/C15H13FN4/c16-13-8-6-12(7-9-13)10-17-15-18-11-20(19-15)14-4-2-1-3-5-14/h1-9,11H,10H2,(H,17,19). The molecule has 20 heavy (non-hydrogen) atoms. The van der Waals surface area contributed by atoms with Gasteiger partial charge in [0, 0.05) is 6.54 Å². The molecule has 0 saturated heterocycles. The number of aromatic nitrogens is 3. The molecule has 0 aliphatic rings. The topological polar surface area (TPSA) is 42.7 Å². The molecule has 100 valence electrons. The van der Waals surface area contributed by atoms with Crippen molar-refractivity contribution in [3.8, 4) is 5.69 Å². The summed E-state index contributed by atoms with van der Waals surface area (Å²) in [7, 11) is 0. The Hall–Kier alpha value is -2.69. The molecule has 0 saturated carbocycles. The van der Waals surface area contributed by atoms with E-state index in [1.54, 1.807) is 23.1 Å². The SMILES string of the molecule is Fc1ccc(CNc2ncn(-c3ccccc3)n2)cc1. The summed E-state index contributed by atoms with van der Waals surface area (Å²) in [6, 6.07) is 16.1. The maximum Gasteiger partial charge on any atom is 0.242 e. The summed E-state index contributed by atoms with van der Waals surface area (Å²) in [5, 5.41) is 7.44. The first-order valence-electron chi connectivity index (χ1n) is 6.27. The first-order valence-corrected chi connectivity index (χ1v) is 6.27. The zero-order valence-electron chi connectivity index (χ0n) is 10.7. The number of hydrogen-bond donors (Lipinski definition) is 1. The fraction of sp³-hybridized carbons (Fsp3) is 0.0667. The van der Waals surface area contributed by atoms with Gasteiger partial charge in [-0.3, -0.25) is 0 Å². The molecule has 0 aliphatic carbocycles. The summed E-state index contributed by atoms with van der Waals surface area (Å²) < 4.78 is 14.5. The van der Waals surface area contributed by atoms with Crippen molar-refractivity contribution in [2.45, 2.75) is 6.54 Å². The normalized spacial score (nSPS) is 10.4. The molecule has 3 rings (SSSR count). The van der Waals surface area contributed by atoms with Gasteiger partial charge in [-0.1, -0.05) is 30.3 Å². The van der Waals surface area contributed by atoms with Gasteiger partial charge in [-0.15, -0.1) is 5.10 Å². The van der Waals surface area contributed by atoms with Crippen LogP contribution in [0.1, 0.15) is 5.56 Å². The van der Waals surface area contributed by atoms with Crippen LogP contribution in [0.4, 0.5) is 10.3 Å². The van der Waals surface area contributed by atoms with Crippen molar-refractivity contribution in [1.82, 2.24) is 14.8 Å². The number of hydrogen-bond acceptors (Lipinski definition) is 3. The number of nitrogens with zero attached hydrogens (tertiary/aromatic N) is 3. The average molecular weight is 268 g/mol. The first-order chi connectivity index (χ1) is 9.81. The average Bonchev–Trinajstić information content (AvgIpc) is 2.97. The van der Waals surface area contributed by atoms with Gasteiger partial charge >= 0.3 is 0 Å². The molecule has 0 aliphatic heterocycles. The minimum Gasteiger partial charge on any atom is -0.349 e. The summed E-state index contributed by atoms with van der Waals surface area (Å²) in [5.74, 6) is 0.304. The molecule has 3 aromatic rings. The molecule has 0 unspecified atom stereocenters. The minimum atomic E-state index is -0.236. The number of para-hydroxylation sites is 1. The van der Waals surface area contributed by atoms with Crippen molar-refractivity contribution >= 4 is 5.95 Å². The Morgan fingerprint density at radius 3 is 2.50 bits per heavy atom. The van der Waals surface area contributed by atoms with E-state index in [9.17, 15) is 4.39 Å². The van der Waals surface area contributed by atoms with Crippen LogP contribution < -0.4 is 5.32 Å². The van der Waals surface area contributed by atoms with E-state index in [1.165, 1.54) is 12.1 Å². The van der Waals surface area contributed by atoms with Gasteiger partial charge in [0.2, 0.25) is 5.95 Å². The zero-order chi connectivity index (χ0) is 13.8. The number of benzene rings is 2. The summed E-state index contributed by atoms with van der Waals surface area (Å²) >= 11 is 0. The van der Waals surface area contributed by atoms with Gasteiger partial charge < -0.3 is 5.32 Å². The van der Waals surface area contributed by atoms with Crippen LogP contribution in [0.15, 0.2) is 60.9 Å². The highest BCUT2D eigenvalue weighted by Crippen LogP contribution is 2.08. The second-order valence-corrected chi connectivity index (χ2v) is 4.33. The molecule has 0 fully saturated rings. The minimum absolute atomic E-state index is 0.236. The van der Waals surface area contributed by atoms with E-state index in [2.05, 4.69) is 15.4 Å². The molecule has 0 radical (unpaired) electrons. The lowest BCUT2D eigenvalue weighted by molar-refractivity contribution is 0.627. The first kappa shape index (κ1) is 12.3. The van der Waals surface area contributed by atoms with Crippen molar-refractivity contribution in [2.75, 3.05) is 5.32 Å². The highest BCUT2D eigenvalue weighted by Gasteiger charge is 2.02. The van der Waals surface area contributed by atoms with Gasteiger partial charge in [-0.2, -0.15) is 0 Å². The Balaban J connectivity index is 1.67. The van der Waals surface area contributed by atoms with Gasteiger partial charge in [0.25, 0.3) is 0 Å². The van der Waals surface area contributed by atoms with Crippen molar-refractivity contribution in [3.63, 3.8) is 0 Å². The van der Waals surface area contributed by atoms with Gasteiger partial charge in [-0.05, 0) is 29.8 Å². The van der Waals surface area contributed by atoms with Crippen LogP contribution in [0, 0.1) is 5.82 Å². The van der Waals surface area contributed by atoms with Crippen LogP contribution in [-0.2, 0) is 6.54 Å². The summed E-state index contributed by atoms with van der Waals surface area (Å²) in [4.78, 5) is 4.19. The number of rotatable bonds is 4. The van der Waals surface area contributed by atoms with Gasteiger partial charge in [0.05, 0.1) is 5.69 Å². The van der Waals surface area contributed by atoms with E-state index in [0.717, 1.165) is 11.3 Å². The largest absolute Gasteiger partial charge is 0.349 e. The summed E-state index contributed by atoms with van der Waals surface area (Å²) in [6.07, 6.45) is 1.66.